The predicted molar refractivity (Wildman–Crippen MR) is 333 cm³/mol. The molecule has 0 spiro atoms. The molecule has 0 N–H and O–H groups in total. The Balaban J connectivity index is 5.11. The number of carbonyl (C=O) groups is 4. The Morgan fingerprint density at radius 1 is 0.253 bits per heavy atom. The molecule has 0 aliphatic heterocycles. The van der Waals surface area contributed by atoms with Crippen molar-refractivity contribution >= 4 is 23.9 Å². The zero-order valence-corrected chi connectivity index (χ0v) is 53.4. The largest absolute Gasteiger partial charge is 0.469 e. The average Bonchev–Trinajstić information content (AvgIpc) is 3.45. The Labute approximate surface area is 489 Å². The lowest BCUT2D eigenvalue weighted by atomic mass is 10.1. The molecule has 0 radical (unpaired) electrons. The molecule has 0 amide bonds. The summed E-state index contributed by atoms with van der Waals surface area (Å²) in [4.78, 5) is 60.3. The highest BCUT2D eigenvalue weighted by Crippen LogP contribution is 2.16. The van der Waals surface area contributed by atoms with Crippen molar-refractivity contribution in [3.05, 3.63) is 0 Å². The van der Waals surface area contributed by atoms with Gasteiger partial charge in [0.2, 0.25) is 0 Å². The molecule has 468 valence electrons. The van der Waals surface area contributed by atoms with Crippen LogP contribution in [0, 0.1) is 0 Å². The second kappa shape index (κ2) is 61.8. The van der Waals surface area contributed by atoms with Crippen molar-refractivity contribution in [3.63, 3.8) is 0 Å². The van der Waals surface area contributed by atoms with Crippen LogP contribution < -0.4 is 0 Å². The van der Waals surface area contributed by atoms with Crippen molar-refractivity contribution < 1.29 is 38.1 Å². The molecule has 12 heteroatoms. The van der Waals surface area contributed by atoms with Crippen molar-refractivity contribution in [2.24, 2.45) is 0 Å². The maximum atomic E-state index is 13.0. The summed E-state index contributed by atoms with van der Waals surface area (Å²) in [5.41, 5.74) is 0. The van der Waals surface area contributed by atoms with Crippen LogP contribution in [-0.4, -0.2) is 149 Å². The van der Waals surface area contributed by atoms with Crippen LogP contribution in [0.15, 0.2) is 0 Å². The lowest BCUT2D eigenvalue weighted by Gasteiger charge is -2.30. The number of nitrogens with zero attached hydrogens (tertiary/aromatic N) is 4. The van der Waals surface area contributed by atoms with Gasteiger partial charge in [0.25, 0.3) is 0 Å². The van der Waals surface area contributed by atoms with Gasteiger partial charge < -0.3 is 38.5 Å². The summed E-state index contributed by atoms with van der Waals surface area (Å²) in [6, 6.07) is 0. The van der Waals surface area contributed by atoms with Crippen LogP contribution >= 0.6 is 0 Å². The number of esters is 4. The fourth-order valence-electron chi connectivity index (χ4n) is 10.3. The first-order chi connectivity index (χ1) is 38.7. The summed E-state index contributed by atoms with van der Waals surface area (Å²) in [7, 11) is 3.58. The maximum absolute atomic E-state index is 13.0. The van der Waals surface area contributed by atoms with Gasteiger partial charge in [-0.2, -0.15) is 0 Å². The van der Waals surface area contributed by atoms with Crippen LogP contribution in [0.5, 0.6) is 0 Å². The number of carbonyl (C=O) groups excluding carboxylic acids is 4. The molecule has 0 fully saturated rings. The average molecular weight is 1120 g/mol. The molecule has 0 aromatic heterocycles. The van der Waals surface area contributed by atoms with Crippen molar-refractivity contribution in [2.75, 3.05) is 106 Å². The normalized spacial score (nSPS) is 11.7. The Morgan fingerprint density at radius 3 is 0.734 bits per heavy atom. The summed E-state index contributed by atoms with van der Waals surface area (Å²) < 4.78 is 22.0. The fraction of sp³-hybridized carbons (Fsp3) is 0.940. The smallest absolute Gasteiger partial charge is 0.307 e. The van der Waals surface area contributed by atoms with Crippen LogP contribution in [0.4, 0.5) is 0 Å². The first-order valence-corrected chi connectivity index (χ1v) is 34.1. The standard InChI is InChI=1S/C67H132N4O8/c1-7-11-15-18-21-24-27-30-33-36-39-43-61-77-65(73)47-52-70(53-48-66(74)78-62-44-40-37-34-31-28-25-22-19-16-12-8-2)58-56-68(5)55-57-69(50-42-14-10-4)59-60-71(51-46-64(72)76-6)54-49-67(75)79-63-45-41-38-35-32-29-26-23-20-17-13-9-3/h7-63H2,1-6H3. The lowest BCUT2D eigenvalue weighted by Crippen LogP contribution is -2.42. The van der Waals surface area contributed by atoms with Gasteiger partial charge in [0.05, 0.1) is 52.6 Å². The van der Waals surface area contributed by atoms with Crippen LogP contribution in [0.1, 0.15) is 304 Å². The fourth-order valence-corrected chi connectivity index (χ4v) is 10.3. The van der Waals surface area contributed by atoms with Gasteiger partial charge in [-0.05, 0) is 39.3 Å². The molecule has 0 aliphatic carbocycles. The molecule has 0 heterocycles. The van der Waals surface area contributed by atoms with Crippen molar-refractivity contribution in [1.29, 1.82) is 0 Å². The van der Waals surface area contributed by atoms with E-state index in [2.05, 4.69) is 54.3 Å². The number of unbranched alkanes of at least 4 members (excludes halogenated alkanes) is 35. The van der Waals surface area contributed by atoms with Crippen molar-refractivity contribution in [3.8, 4) is 0 Å². The monoisotopic (exact) mass is 1120 g/mol. The van der Waals surface area contributed by atoms with E-state index in [9.17, 15) is 19.2 Å². The number of ether oxygens (including phenoxy) is 4. The third kappa shape index (κ3) is 57.3. The molecule has 79 heavy (non-hydrogen) atoms. The molecular formula is C67H132N4O8. The Bertz CT molecular complexity index is 1280. The predicted octanol–water partition coefficient (Wildman–Crippen LogP) is 16.5. The highest BCUT2D eigenvalue weighted by Gasteiger charge is 2.17. The molecule has 0 saturated heterocycles. The minimum Gasteiger partial charge on any atom is -0.469 e. The van der Waals surface area contributed by atoms with E-state index in [-0.39, 0.29) is 30.3 Å². The summed E-state index contributed by atoms with van der Waals surface area (Å²) in [6.07, 6.45) is 50.5. The first-order valence-electron chi connectivity index (χ1n) is 34.1. The van der Waals surface area contributed by atoms with Crippen molar-refractivity contribution in [2.45, 2.75) is 304 Å². The number of rotatable bonds is 64. The quantitative estimate of drug-likeness (QED) is 0.0328. The van der Waals surface area contributed by atoms with E-state index in [0.717, 1.165) is 97.2 Å². The van der Waals surface area contributed by atoms with E-state index in [1.807, 2.05) is 0 Å². The zero-order valence-electron chi connectivity index (χ0n) is 53.4. The third-order valence-electron chi connectivity index (χ3n) is 15.9. The maximum Gasteiger partial charge on any atom is 0.307 e. The number of hydrogen-bond donors (Lipinski definition) is 0. The molecule has 0 aromatic rings. The highest BCUT2D eigenvalue weighted by atomic mass is 16.5. The number of methoxy groups -OCH3 is 1. The summed E-state index contributed by atoms with van der Waals surface area (Å²) in [5.74, 6) is -0.731. The van der Waals surface area contributed by atoms with E-state index in [1.165, 1.54) is 206 Å². The van der Waals surface area contributed by atoms with Gasteiger partial charge in [-0.1, -0.05) is 252 Å². The zero-order chi connectivity index (χ0) is 57.8. The summed E-state index contributed by atoms with van der Waals surface area (Å²) in [6.45, 7) is 18.5. The topological polar surface area (TPSA) is 118 Å². The van der Waals surface area contributed by atoms with Gasteiger partial charge >= 0.3 is 23.9 Å². The van der Waals surface area contributed by atoms with E-state index in [0.29, 0.717) is 65.3 Å². The van der Waals surface area contributed by atoms with E-state index >= 15 is 0 Å². The minimum atomic E-state index is -0.242. The highest BCUT2D eigenvalue weighted by molar-refractivity contribution is 5.70. The summed E-state index contributed by atoms with van der Waals surface area (Å²) in [5, 5.41) is 0. The molecule has 0 atom stereocenters. The van der Waals surface area contributed by atoms with Crippen LogP contribution in [0.25, 0.3) is 0 Å². The third-order valence-corrected chi connectivity index (χ3v) is 15.9. The second-order valence-corrected chi connectivity index (χ2v) is 23.4. The van der Waals surface area contributed by atoms with Crippen molar-refractivity contribution in [1.82, 2.24) is 19.6 Å². The number of hydrogen-bond acceptors (Lipinski definition) is 12. The van der Waals surface area contributed by atoms with Gasteiger partial charge in [0, 0.05) is 65.4 Å². The molecule has 0 aliphatic rings. The van der Waals surface area contributed by atoms with Crippen LogP contribution in [-0.2, 0) is 38.1 Å². The molecule has 12 nitrogen and oxygen atoms in total. The van der Waals surface area contributed by atoms with Gasteiger partial charge in [-0.25, -0.2) is 0 Å². The first kappa shape index (κ1) is 76.7. The summed E-state index contributed by atoms with van der Waals surface area (Å²) >= 11 is 0. The SMILES string of the molecule is CCCCCCCCCCCCCCOC(=O)CCN(CCC(=O)OCCCCCCCCCCCCCC)CCN(C)CCN(CCCCC)CCN(CCC(=O)OC)CCC(=O)OCCCCCCCCCCCCCC. The minimum absolute atomic E-state index is 0.161. The molecule has 0 aromatic carbocycles. The van der Waals surface area contributed by atoms with E-state index in [1.54, 1.807) is 0 Å². The number of likely N-dealkylation sites (N-methyl/N-ethyl adjacent to an activating group) is 1. The Hall–Kier alpha value is -2.28. The molecule has 0 unspecified atom stereocenters. The van der Waals surface area contributed by atoms with Crippen LogP contribution in [0.2, 0.25) is 0 Å². The van der Waals surface area contributed by atoms with Gasteiger partial charge in [-0.3, -0.25) is 19.2 Å². The molecular weight excluding hydrogens is 989 g/mol. The van der Waals surface area contributed by atoms with E-state index < -0.39 is 0 Å². The Morgan fingerprint density at radius 2 is 0.468 bits per heavy atom. The van der Waals surface area contributed by atoms with Crippen LogP contribution in [0.3, 0.4) is 0 Å². The van der Waals surface area contributed by atoms with Gasteiger partial charge in [0.1, 0.15) is 0 Å². The lowest BCUT2D eigenvalue weighted by molar-refractivity contribution is -0.145. The second-order valence-electron chi connectivity index (χ2n) is 23.4. The molecule has 0 rings (SSSR count). The van der Waals surface area contributed by atoms with Gasteiger partial charge in [-0.15, -0.1) is 0 Å². The van der Waals surface area contributed by atoms with Gasteiger partial charge in [0.15, 0.2) is 0 Å². The Kier molecular flexibility index (Phi) is 60.0. The molecule has 0 bridgehead atoms. The molecule has 0 saturated carbocycles. The van der Waals surface area contributed by atoms with E-state index in [4.69, 9.17) is 18.9 Å².